The first-order valence-electron chi connectivity index (χ1n) is 6.35. The minimum absolute atomic E-state index is 0.0571. The minimum Gasteiger partial charge on any atom is -0.393 e. The molecule has 2 rings (SSSR count). The fourth-order valence-corrected chi connectivity index (χ4v) is 2.85. The van der Waals surface area contributed by atoms with E-state index in [4.69, 9.17) is 0 Å². The maximum Gasteiger partial charge on any atom is 0.0693 e. The zero-order valence-electron chi connectivity index (χ0n) is 9.36. The van der Waals surface area contributed by atoms with Crippen LogP contribution < -0.4 is 5.32 Å². The summed E-state index contributed by atoms with van der Waals surface area (Å²) in [6, 6.07) is 0.330. The topological polar surface area (TPSA) is 52.5 Å². The second kappa shape index (κ2) is 5.28. The van der Waals surface area contributed by atoms with E-state index in [1.165, 1.54) is 0 Å². The summed E-state index contributed by atoms with van der Waals surface area (Å²) in [7, 11) is 0. The maximum absolute atomic E-state index is 9.66. The van der Waals surface area contributed by atoms with Gasteiger partial charge in [0.1, 0.15) is 0 Å². The summed E-state index contributed by atoms with van der Waals surface area (Å²) in [5, 5.41) is 22.5. The molecular weight excluding hydrogens is 190 g/mol. The van der Waals surface area contributed by atoms with E-state index in [1.54, 1.807) is 0 Å². The molecule has 0 heterocycles. The van der Waals surface area contributed by atoms with Crippen LogP contribution in [0.4, 0.5) is 0 Å². The van der Waals surface area contributed by atoms with Crippen LogP contribution in [-0.2, 0) is 0 Å². The molecule has 88 valence electrons. The third-order valence-corrected chi connectivity index (χ3v) is 3.96. The summed E-state index contributed by atoms with van der Waals surface area (Å²) >= 11 is 0. The number of hydrogen-bond donors (Lipinski definition) is 3. The molecule has 2 unspecified atom stereocenters. The Morgan fingerprint density at radius 3 is 2.27 bits per heavy atom. The standard InChI is InChI=1S/C12H23NO2/c14-10-6-4-9(5-7-10)8-13-11-2-1-3-12(11)15/h9-15H,1-8H2. The van der Waals surface area contributed by atoms with E-state index in [-0.39, 0.29) is 12.2 Å². The van der Waals surface area contributed by atoms with Crippen LogP contribution in [0.25, 0.3) is 0 Å². The average Bonchev–Trinajstić information content (AvgIpc) is 2.63. The second-order valence-corrected chi connectivity index (χ2v) is 5.19. The number of aliphatic hydroxyl groups excluding tert-OH is 2. The van der Waals surface area contributed by atoms with Crippen LogP contribution >= 0.6 is 0 Å². The van der Waals surface area contributed by atoms with E-state index in [9.17, 15) is 10.2 Å². The molecule has 0 saturated heterocycles. The van der Waals surface area contributed by atoms with E-state index < -0.39 is 0 Å². The number of rotatable bonds is 3. The van der Waals surface area contributed by atoms with Gasteiger partial charge in [0, 0.05) is 6.04 Å². The molecule has 2 saturated carbocycles. The lowest BCUT2D eigenvalue weighted by atomic mass is 9.87. The van der Waals surface area contributed by atoms with Gasteiger partial charge in [-0.15, -0.1) is 0 Å². The summed E-state index contributed by atoms with van der Waals surface area (Å²) in [6.45, 7) is 1.02. The molecule has 2 atom stereocenters. The molecule has 0 aliphatic heterocycles. The van der Waals surface area contributed by atoms with Gasteiger partial charge in [0.15, 0.2) is 0 Å². The fraction of sp³-hybridized carbons (Fsp3) is 1.00. The van der Waals surface area contributed by atoms with E-state index >= 15 is 0 Å². The highest BCUT2D eigenvalue weighted by Crippen LogP contribution is 2.25. The molecule has 2 aliphatic carbocycles. The zero-order chi connectivity index (χ0) is 10.7. The second-order valence-electron chi connectivity index (χ2n) is 5.19. The van der Waals surface area contributed by atoms with Crippen LogP contribution in [0.3, 0.4) is 0 Å². The van der Waals surface area contributed by atoms with E-state index in [2.05, 4.69) is 5.32 Å². The molecule has 15 heavy (non-hydrogen) atoms. The largest absolute Gasteiger partial charge is 0.393 e. The fourth-order valence-electron chi connectivity index (χ4n) is 2.85. The third kappa shape index (κ3) is 3.16. The molecule has 0 bridgehead atoms. The van der Waals surface area contributed by atoms with Gasteiger partial charge in [-0.1, -0.05) is 0 Å². The normalized spacial score (nSPS) is 42.0. The van der Waals surface area contributed by atoms with Gasteiger partial charge in [0.05, 0.1) is 12.2 Å². The predicted octanol–water partition coefficient (Wildman–Crippen LogP) is 1.04. The Morgan fingerprint density at radius 1 is 0.933 bits per heavy atom. The van der Waals surface area contributed by atoms with E-state index in [0.717, 1.165) is 51.5 Å². The average molecular weight is 213 g/mol. The molecule has 3 heteroatoms. The van der Waals surface area contributed by atoms with Crippen LogP contribution in [0.15, 0.2) is 0 Å². The maximum atomic E-state index is 9.66. The minimum atomic E-state index is -0.126. The number of hydrogen-bond acceptors (Lipinski definition) is 3. The Labute approximate surface area is 91.9 Å². The van der Waals surface area contributed by atoms with Crippen LogP contribution in [0.2, 0.25) is 0 Å². The molecule has 0 radical (unpaired) electrons. The van der Waals surface area contributed by atoms with Crippen molar-refractivity contribution in [2.24, 2.45) is 5.92 Å². The van der Waals surface area contributed by atoms with Gasteiger partial charge in [-0.25, -0.2) is 0 Å². The van der Waals surface area contributed by atoms with Crippen molar-refractivity contribution < 1.29 is 10.2 Å². The monoisotopic (exact) mass is 213 g/mol. The lowest BCUT2D eigenvalue weighted by Crippen LogP contribution is -2.39. The predicted molar refractivity (Wildman–Crippen MR) is 59.6 cm³/mol. The molecule has 3 N–H and O–H groups in total. The van der Waals surface area contributed by atoms with Crippen LogP contribution in [-0.4, -0.2) is 35.0 Å². The van der Waals surface area contributed by atoms with Gasteiger partial charge < -0.3 is 15.5 Å². The van der Waals surface area contributed by atoms with Crippen molar-refractivity contribution in [3.8, 4) is 0 Å². The van der Waals surface area contributed by atoms with Gasteiger partial charge in [-0.05, 0) is 57.4 Å². The Morgan fingerprint density at radius 2 is 1.67 bits per heavy atom. The summed E-state index contributed by atoms with van der Waals surface area (Å²) in [5.41, 5.74) is 0. The summed E-state index contributed by atoms with van der Waals surface area (Å²) in [4.78, 5) is 0. The van der Waals surface area contributed by atoms with Crippen molar-refractivity contribution >= 4 is 0 Å². The number of nitrogens with one attached hydrogen (secondary N) is 1. The summed E-state index contributed by atoms with van der Waals surface area (Å²) in [5.74, 6) is 0.709. The van der Waals surface area contributed by atoms with Gasteiger partial charge in [0.2, 0.25) is 0 Å². The Bertz CT molecular complexity index is 190. The lowest BCUT2D eigenvalue weighted by molar-refractivity contribution is 0.102. The highest BCUT2D eigenvalue weighted by atomic mass is 16.3. The van der Waals surface area contributed by atoms with Crippen molar-refractivity contribution in [3.63, 3.8) is 0 Å². The smallest absolute Gasteiger partial charge is 0.0693 e. The lowest BCUT2D eigenvalue weighted by Gasteiger charge is -2.27. The SMILES string of the molecule is OC1CCC(CNC2CCCC2O)CC1. The van der Waals surface area contributed by atoms with Gasteiger partial charge >= 0.3 is 0 Å². The first-order valence-corrected chi connectivity index (χ1v) is 6.35. The van der Waals surface area contributed by atoms with Crippen molar-refractivity contribution in [3.05, 3.63) is 0 Å². The molecule has 0 aromatic heterocycles. The number of aliphatic hydroxyl groups is 2. The van der Waals surface area contributed by atoms with Crippen molar-refractivity contribution in [1.82, 2.24) is 5.32 Å². The molecule has 0 amide bonds. The summed E-state index contributed by atoms with van der Waals surface area (Å²) < 4.78 is 0. The highest BCUT2D eigenvalue weighted by Gasteiger charge is 2.26. The van der Waals surface area contributed by atoms with Gasteiger partial charge in [-0.3, -0.25) is 0 Å². The first-order chi connectivity index (χ1) is 7.25. The van der Waals surface area contributed by atoms with Crippen LogP contribution in [0.5, 0.6) is 0 Å². The van der Waals surface area contributed by atoms with Gasteiger partial charge in [-0.2, -0.15) is 0 Å². The molecule has 2 aliphatic rings. The van der Waals surface area contributed by atoms with E-state index in [0.29, 0.717) is 12.0 Å². The van der Waals surface area contributed by atoms with Crippen molar-refractivity contribution in [1.29, 1.82) is 0 Å². The first kappa shape index (κ1) is 11.4. The van der Waals surface area contributed by atoms with Crippen LogP contribution in [0, 0.1) is 5.92 Å². The molecule has 2 fully saturated rings. The molecular formula is C12H23NO2. The van der Waals surface area contributed by atoms with Crippen LogP contribution in [0.1, 0.15) is 44.9 Å². The van der Waals surface area contributed by atoms with Gasteiger partial charge in [0.25, 0.3) is 0 Å². The van der Waals surface area contributed by atoms with Crippen molar-refractivity contribution in [2.45, 2.75) is 63.2 Å². The summed E-state index contributed by atoms with van der Waals surface area (Å²) in [6.07, 6.45) is 7.24. The third-order valence-electron chi connectivity index (χ3n) is 3.96. The quantitative estimate of drug-likeness (QED) is 0.656. The molecule has 0 spiro atoms. The van der Waals surface area contributed by atoms with E-state index in [1.807, 2.05) is 0 Å². The molecule has 3 nitrogen and oxygen atoms in total. The zero-order valence-corrected chi connectivity index (χ0v) is 9.36. The van der Waals surface area contributed by atoms with Crippen molar-refractivity contribution in [2.75, 3.05) is 6.54 Å². The Balaban J connectivity index is 1.65. The Hall–Kier alpha value is -0.120. The molecule has 0 aromatic rings. The Kier molecular flexibility index (Phi) is 4.00. The molecule has 0 aromatic carbocycles. The highest BCUT2D eigenvalue weighted by molar-refractivity contribution is 4.84.